The topological polar surface area (TPSA) is 25.2 Å². The molecule has 1 aromatic carbocycles. The standard InChI is InChI=1S/C15H20N2O/c1-3-16(4-2)9-10-17-11-13(12-18)14-7-5-6-8-15(14)17/h5-8,11-12H,3-4,9-10H2,1-2H3. The summed E-state index contributed by atoms with van der Waals surface area (Å²) in [7, 11) is 0. The molecule has 1 heterocycles. The van der Waals surface area contributed by atoms with Crippen molar-refractivity contribution in [3.05, 3.63) is 36.0 Å². The zero-order chi connectivity index (χ0) is 13.0. The fourth-order valence-electron chi connectivity index (χ4n) is 2.34. The van der Waals surface area contributed by atoms with E-state index in [2.05, 4.69) is 29.4 Å². The molecule has 1 aromatic heterocycles. The van der Waals surface area contributed by atoms with Crippen molar-refractivity contribution in [3.8, 4) is 0 Å². The van der Waals surface area contributed by atoms with Crippen LogP contribution in [0.2, 0.25) is 0 Å². The molecule has 3 nitrogen and oxygen atoms in total. The summed E-state index contributed by atoms with van der Waals surface area (Å²) < 4.78 is 2.18. The van der Waals surface area contributed by atoms with Gasteiger partial charge in [-0.3, -0.25) is 4.79 Å². The Morgan fingerprint density at radius 2 is 1.94 bits per heavy atom. The summed E-state index contributed by atoms with van der Waals surface area (Å²) >= 11 is 0. The second kappa shape index (κ2) is 5.83. The third-order valence-electron chi connectivity index (χ3n) is 3.50. The normalized spacial score (nSPS) is 11.3. The van der Waals surface area contributed by atoms with Gasteiger partial charge < -0.3 is 9.47 Å². The van der Waals surface area contributed by atoms with E-state index in [9.17, 15) is 4.79 Å². The number of aldehydes is 1. The Kier molecular flexibility index (Phi) is 4.15. The van der Waals surface area contributed by atoms with Crippen LogP contribution < -0.4 is 0 Å². The lowest BCUT2D eigenvalue weighted by atomic mass is 10.2. The highest BCUT2D eigenvalue weighted by atomic mass is 16.1. The number of carbonyl (C=O) groups excluding carboxylic acids is 1. The van der Waals surface area contributed by atoms with Gasteiger partial charge >= 0.3 is 0 Å². The average molecular weight is 244 g/mol. The number of nitrogens with zero attached hydrogens (tertiary/aromatic N) is 2. The fraction of sp³-hybridized carbons (Fsp3) is 0.400. The van der Waals surface area contributed by atoms with Crippen LogP contribution in [0.5, 0.6) is 0 Å². The first-order valence-corrected chi connectivity index (χ1v) is 6.55. The van der Waals surface area contributed by atoms with Gasteiger partial charge in [0, 0.05) is 35.8 Å². The summed E-state index contributed by atoms with van der Waals surface area (Å²) in [6.45, 7) is 8.43. The minimum absolute atomic E-state index is 0.783. The molecule has 18 heavy (non-hydrogen) atoms. The number of likely N-dealkylation sites (N-methyl/N-ethyl adjacent to an activating group) is 1. The van der Waals surface area contributed by atoms with E-state index in [1.54, 1.807) is 0 Å². The highest BCUT2D eigenvalue weighted by Gasteiger charge is 2.07. The Bertz CT molecular complexity index is 526. The van der Waals surface area contributed by atoms with Gasteiger partial charge in [-0.25, -0.2) is 0 Å². The van der Waals surface area contributed by atoms with Gasteiger partial charge in [0.15, 0.2) is 6.29 Å². The largest absolute Gasteiger partial charge is 0.345 e. The Balaban J connectivity index is 2.25. The van der Waals surface area contributed by atoms with Gasteiger partial charge in [0.05, 0.1) is 0 Å². The summed E-state index contributed by atoms with van der Waals surface area (Å²) in [5.41, 5.74) is 1.93. The molecule has 0 N–H and O–H groups in total. The van der Waals surface area contributed by atoms with Crippen molar-refractivity contribution in [2.24, 2.45) is 0 Å². The van der Waals surface area contributed by atoms with E-state index in [0.29, 0.717) is 0 Å². The molecular formula is C15H20N2O. The highest BCUT2D eigenvalue weighted by molar-refractivity contribution is 5.97. The molecule has 0 saturated heterocycles. The van der Waals surface area contributed by atoms with Crippen LogP contribution in [0, 0.1) is 0 Å². The summed E-state index contributed by atoms with van der Waals surface area (Å²) in [6, 6.07) is 8.08. The maximum atomic E-state index is 11.1. The van der Waals surface area contributed by atoms with Crippen molar-refractivity contribution in [2.75, 3.05) is 19.6 Å². The molecule has 3 heteroatoms. The van der Waals surface area contributed by atoms with E-state index >= 15 is 0 Å². The summed E-state index contributed by atoms with van der Waals surface area (Å²) in [5.74, 6) is 0. The number of para-hydroxylation sites is 1. The molecule has 0 aliphatic heterocycles. The van der Waals surface area contributed by atoms with Crippen LogP contribution in [0.3, 0.4) is 0 Å². The van der Waals surface area contributed by atoms with Crippen molar-refractivity contribution in [1.29, 1.82) is 0 Å². The first-order valence-electron chi connectivity index (χ1n) is 6.55. The van der Waals surface area contributed by atoms with E-state index in [4.69, 9.17) is 0 Å². The lowest BCUT2D eigenvalue weighted by Gasteiger charge is -2.18. The Labute approximate surface area is 108 Å². The van der Waals surface area contributed by atoms with Crippen LogP contribution in [0.4, 0.5) is 0 Å². The highest BCUT2D eigenvalue weighted by Crippen LogP contribution is 2.19. The van der Waals surface area contributed by atoms with Crippen molar-refractivity contribution < 1.29 is 4.79 Å². The van der Waals surface area contributed by atoms with Gasteiger partial charge in [0.25, 0.3) is 0 Å². The SMILES string of the molecule is CCN(CC)CCn1cc(C=O)c2ccccc21. The number of benzene rings is 1. The smallest absolute Gasteiger partial charge is 0.152 e. The van der Waals surface area contributed by atoms with E-state index in [1.807, 2.05) is 24.4 Å². The molecule has 0 atom stereocenters. The van der Waals surface area contributed by atoms with Crippen molar-refractivity contribution in [3.63, 3.8) is 0 Å². The Morgan fingerprint density at radius 1 is 1.22 bits per heavy atom. The maximum absolute atomic E-state index is 11.1. The van der Waals surface area contributed by atoms with Gasteiger partial charge in [-0.05, 0) is 19.2 Å². The minimum Gasteiger partial charge on any atom is -0.345 e. The number of carbonyl (C=O) groups is 1. The van der Waals surface area contributed by atoms with Crippen LogP contribution >= 0.6 is 0 Å². The maximum Gasteiger partial charge on any atom is 0.152 e. The number of hydrogen-bond donors (Lipinski definition) is 0. The van der Waals surface area contributed by atoms with Gasteiger partial charge in [-0.1, -0.05) is 32.0 Å². The lowest BCUT2D eigenvalue weighted by molar-refractivity contribution is 0.112. The zero-order valence-electron chi connectivity index (χ0n) is 11.1. The molecule has 2 aromatic rings. The molecule has 2 rings (SSSR count). The Morgan fingerprint density at radius 3 is 2.61 bits per heavy atom. The fourth-order valence-corrected chi connectivity index (χ4v) is 2.34. The number of hydrogen-bond acceptors (Lipinski definition) is 2. The second-order valence-electron chi connectivity index (χ2n) is 4.44. The second-order valence-corrected chi connectivity index (χ2v) is 4.44. The van der Waals surface area contributed by atoms with Crippen LogP contribution in [-0.2, 0) is 6.54 Å². The molecule has 0 fully saturated rings. The predicted molar refractivity (Wildman–Crippen MR) is 75.1 cm³/mol. The van der Waals surface area contributed by atoms with Gasteiger partial charge in [0.2, 0.25) is 0 Å². The number of fused-ring (bicyclic) bond motifs is 1. The van der Waals surface area contributed by atoms with E-state index < -0.39 is 0 Å². The molecule has 0 unspecified atom stereocenters. The summed E-state index contributed by atoms with van der Waals surface area (Å²) in [6.07, 6.45) is 2.90. The molecule has 0 saturated carbocycles. The molecular weight excluding hydrogens is 224 g/mol. The van der Waals surface area contributed by atoms with Gasteiger partial charge in [0.1, 0.15) is 0 Å². The predicted octanol–water partition coefficient (Wildman–Crippen LogP) is 2.80. The quantitative estimate of drug-likeness (QED) is 0.730. The first kappa shape index (κ1) is 12.8. The molecule has 0 spiro atoms. The Hall–Kier alpha value is -1.61. The lowest BCUT2D eigenvalue weighted by Crippen LogP contribution is -2.26. The first-order chi connectivity index (χ1) is 8.80. The van der Waals surface area contributed by atoms with Crippen molar-refractivity contribution >= 4 is 17.2 Å². The monoisotopic (exact) mass is 244 g/mol. The molecule has 0 radical (unpaired) electrons. The molecule has 0 bridgehead atoms. The van der Waals surface area contributed by atoms with Gasteiger partial charge in [-0.15, -0.1) is 0 Å². The van der Waals surface area contributed by atoms with Gasteiger partial charge in [-0.2, -0.15) is 0 Å². The van der Waals surface area contributed by atoms with Crippen LogP contribution in [0.1, 0.15) is 24.2 Å². The van der Waals surface area contributed by atoms with E-state index in [-0.39, 0.29) is 0 Å². The third-order valence-corrected chi connectivity index (χ3v) is 3.50. The summed E-state index contributed by atoms with van der Waals surface area (Å²) in [5, 5.41) is 1.05. The van der Waals surface area contributed by atoms with Crippen LogP contribution in [0.25, 0.3) is 10.9 Å². The summed E-state index contributed by atoms with van der Waals surface area (Å²) in [4.78, 5) is 13.4. The van der Waals surface area contributed by atoms with Crippen LogP contribution in [-0.4, -0.2) is 35.4 Å². The number of rotatable bonds is 6. The van der Waals surface area contributed by atoms with Crippen molar-refractivity contribution in [2.45, 2.75) is 20.4 Å². The molecule has 0 aliphatic carbocycles. The molecule has 0 aliphatic rings. The number of aromatic nitrogens is 1. The molecule has 0 amide bonds. The van der Waals surface area contributed by atoms with Crippen molar-refractivity contribution in [1.82, 2.24) is 9.47 Å². The third kappa shape index (κ3) is 2.46. The minimum atomic E-state index is 0.783. The average Bonchev–Trinajstić information content (AvgIpc) is 2.78. The molecule has 96 valence electrons. The van der Waals surface area contributed by atoms with E-state index in [0.717, 1.165) is 48.9 Å². The van der Waals surface area contributed by atoms with E-state index in [1.165, 1.54) is 0 Å². The van der Waals surface area contributed by atoms with Crippen LogP contribution in [0.15, 0.2) is 30.5 Å². The zero-order valence-corrected chi connectivity index (χ0v) is 11.1.